The molecule has 1 saturated carbocycles. The molecule has 28 heavy (non-hydrogen) atoms. The van der Waals surface area contributed by atoms with Gasteiger partial charge in [0.05, 0.1) is 5.75 Å². The Kier molecular flexibility index (Phi) is 5.72. The molecule has 0 radical (unpaired) electrons. The molecule has 4 nitrogen and oxygen atoms in total. The molecular formula is C23H26N2O2S. The van der Waals surface area contributed by atoms with Gasteiger partial charge in [-0.3, -0.25) is 14.5 Å². The van der Waals surface area contributed by atoms with Gasteiger partial charge >= 0.3 is 0 Å². The average molecular weight is 395 g/mol. The standard InChI is InChI=1S/C23H26N2O2S/c1-2-7-16-8-3-4-13-20(16)25-21(26)15-28-23(25)18-11-6-12-19(14-18)24-22(27)17-9-5-10-17/h3-4,6,8,11-14,17,23H,2,5,7,9-10,15H2,1H3,(H,24,27)/t23-/m1/s1. The molecule has 1 aliphatic heterocycles. The second-order valence-electron chi connectivity index (χ2n) is 7.55. The fraction of sp³-hybridized carbons (Fsp3) is 0.391. The molecule has 1 heterocycles. The van der Waals surface area contributed by atoms with Crippen LogP contribution < -0.4 is 10.2 Å². The number of hydrogen-bond donors (Lipinski definition) is 1. The van der Waals surface area contributed by atoms with Crippen LogP contribution in [-0.2, 0) is 16.0 Å². The van der Waals surface area contributed by atoms with Gasteiger partial charge in [0, 0.05) is 17.3 Å². The maximum Gasteiger partial charge on any atom is 0.238 e. The molecule has 2 aromatic rings. The predicted octanol–water partition coefficient (Wildman–Crippen LogP) is 5.16. The summed E-state index contributed by atoms with van der Waals surface area (Å²) < 4.78 is 0. The first-order chi connectivity index (χ1) is 13.7. The van der Waals surface area contributed by atoms with Gasteiger partial charge in [0.15, 0.2) is 0 Å². The number of hydrogen-bond acceptors (Lipinski definition) is 3. The molecule has 4 rings (SSSR count). The van der Waals surface area contributed by atoms with E-state index in [4.69, 9.17) is 0 Å². The molecule has 1 saturated heterocycles. The van der Waals surface area contributed by atoms with Crippen LogP contribution in [-0.4, -0.2) is 17.6 Å². The van der Waals surface area contributed by atoms with Gasteiger partial charge in [-0.05, 0) is 48.6 Å². The molecule has 1 atom stereocenters. The van der Waals surface area contributed by atoms with Crippen LogP contribution in [0.15, 0.2) is 48.5 Å². The lowest BCUT2D eigenvalue weighted by atomic mass is 9.85. The first-order valence-electron chi connectivity index (χ1n) is 10.1. The number of carbonyl (C=O) groups is 2. The van der Waals surface area contributed by atoms with E-state index in [-0.39, 0.29) is 23.1 Å². The molecule has 2 amide bonds. The first-order valence-corrected chi connectivity index (χ1v) is 11.1. The van der Waals surface area contributed by atoms with Crippen LogP contribution in [0.25, 0.3) is 0 Å². The Balaban J connectivity index is 1.60. The zero-order chi connectivity index (χ0) is 19.5. The Morgan fingerprint density at radius 2 is 2.00 bits per heavy atom. The van der Waals surface area contributed by atoms with E-state index in [1.165, 1.54) is 5.56 Å². The van der Waals surface area contributed by atoms with E-state index in [0.717, 1.165) is 49.0 Å². The largest absolute Gasteiger partial charge is 0.326 e. The molecule has 0 unspecified atom stereocenters. The highest BCUT2D eigenvalue weighted by Gasteiger charge is 2.35. The molecule has 2 fully saturated rings. The number of nitrogens with one attached hydrogen (secondary N) is 1. The number of benzene rings is 2. The quantitative estimate of drug-likeness (QED) is 0.736. The van der Waals surface area contributed by atoms with Crippen molar-refractivity contribution in [2.45, 2.75) is 44.4 Å². The normalized spacial score (nSPS) is 19.5. The third-order valence-electron chi connectivity index (χ3n) is 5.55. The molecule has 2 aromatic carbocycles. The van der Waals surface area contributed by atoms with Crippen LogP contribution in [0.4, 0.5) is 11.4 Å². The topological polar surface area (TPSA) is 49.4 Å². The minimum absolute atomic E-state index is 0.0638. The van der Waals surface area contributed by atoms with E-state index < -0.39 is 0 Å². The number of anilines is 2. The molecule has 146 valence electrons. The van der Waals surface area contributed by atoms with Gasteiger partial charge in [0.1, 0.15) is 5.37 Å². The fourth-order valence-corrected chi connectivity index (χ4v) is 5.00. The van der Waals surface area contributed by atoms with Crippen molar-refractivity contribution in [1.82, 2.24) is 0 Å². The molecule has 5 heteroatoms. The van der Waals surface area contributed by atoms with Crippen molar-refractivity contribution in [1.29, 1.82) is 0 Å². The van der Waals surface area contributed by atoms with Crippen molar-refractivity contribution in [3.8, 4) is 0 Å². The number of rotatable bonds is 6. The number of carbonyl (C=O) groups excluding carboxylic acids is 2. The monoisotopic (exact) mass is 394 g/mol. The number of amides is 2. The number of thioether (sulfide) groups is 1. The molecule has 0 spiro atoms. The summed E-state index contributed by atoms with van der Waals surface area (Å²) in [4.78, 5) is 27.0. The van der Waals surface area contributed by atoms with Crippen LogP contribution in [0.5, 0.6) is 0 Å². The van der Waals surface area contributed by atoms with E-state index >= 15 is 0 Å². The van der Waals surface area contributed by atoms with E-state index in [9.17, 15) is 9.59 Å². The van der Waals surface area contributed by atoms with Crippen molar-refractivity contribution < 1.29 is 9.59 Å². The van der Waals surface area contributed by atoms with Crippen molar-refractivity contribution in [2.24, 2.45) is 5.92 Å². The smallest absolute Gasteiger partial charge is 0.238 e. The summed E-state index contributed by atoms with van der Waals surface area (Å²) in [5.74, 6) is 0.888. The maximum atomic E-state index is 12.7. The summed E-state index contributed by atoms with van der Waals surface area (Å²) >= 11 is 1.65. The Bertz CT molecular complexity index is 878. The Morgan fingerprint density at radius 3 is 2.75 bits per heavy atom. The number of nitrogens with zero attached hydrogens (tertiary/aromatic N) is 1. The van der Waals surface area contributed by atoms with Crippen LogP contribution in [0.3, 0.4) is 0 Å². The van der Waals surface area contributed by atoms with Gasteiger partial charge in [-0.15, -0.1) is 11.8 Å². The Morgan fingerprint density at radius 1 is 1.18 bits per heavy atom. The zero-order valence-electron chi connectivity index (χ0n) is 16.2. The molecule has 1 N–H and O–H groups in total. The second-order valence-corrected chi connectivity index (χ2v) is 8.62. The van der Waals surface area contributed by atoms with Crippen LogP contribution >= 0.6 is 11.8 Å². The van der Waals surface area contributed by atoms with Crippen molar-refractivity contribution in [3.63, 3.8) is 0 Å². The third kappa shape index (κ3) is 3.81. The van der Waals surface area contributed by atoms with E-state index in [0.29, 0.717) is 5.75 Å². The van der Waals surface area contributed by atoms with Gasteiger partial charge in [-0.2, -0.15) is 0 Å². The van der Waals surface area contributed by atoms with Gasteiger partial charge in [0.25, 0.3) is 0 Å². The third-order valence-corrected chi connectivity index (χ3v) is 6.77. The van der Waals surface area contributed by atoms with E-state index in [2.05, 4.69) is 18.3 Å². The highest BCUT2D eigenvalue weighted by Crippen LogP contribution is 2.43. The summed E-state index contributed by atoms with van der Waals surface area (Å²) in [5, 5.41) is 2.99. The van der Waals surface area contributed by atoms with E-state index in [1.54, 1.807) is 11.8 Å². The highest BCUT2D eigenvalue weighted by atomic mass is 32.2. The minimum Gasteiger partial charge on any atom is -0.326 e. The molecule has 2 aliphatic rings. The summed E-state index contributed by atoms with van der Waals surface area (Å²) in [6.07, 6.45) is 5.11. The van der Waals surface area contributed by atoms with Crippen molar-refractivity contribution in [2.75, 3.05) is 16.0 Å². The molecular weight excluding hydrogens is 368 g/mol. The summed E-state index contributed by atoms with van der Waals surface area (Å²) in [7, 11) is 0. The van der Waals surface area contributed by atoms with Crippen LogP contribution in [0, 0.1) is 5.92 Å². The minimum atomic E-state index is -0.0638. The first kappa shape index (κ1) is 19.1. The fourth-order valence-electron chi connectivity index (χ4n) is 3.84. The average Bonchev–Trinajstić information content (AvgIpc) is 3.02. The van der Waals surface area contributed by atoms with Crippen molar-refractivity contribution in [3.05, 3.63) is 59.7 Å². The lowest BCUT2D eigenvalue weighted by Gasteiger charge is -2.27. The Labute approximate surface area is 170 Å². The van der Waals surface area contributed by atoms with Crippen LogP contribution in [0.2, 0.25) is 0 Å². The Hall–Kier alpha value is -2.27. The molecule has 1 aliphatic carbocycles. The number of aryl methyl sites for hydroxylation is 1. The lowest BCUT2D eigenvalue weighted by Crippen LogP contribution is -2.29. The SMILES string of the molecule is CCCc1ccccc1N1C(=O)CS[C@@H]1c1cccc(NC(=O)C2CCC2)c1. The van der Waals surface area contributed by atoms with Gasteiger partial charge in [-0.25, -0.2) is 0 Å². The van der Waals surface area contributed by atoms with Gasteiger partial charge in [-0.1, -0.05) is 50.1 Å². The van der Waals surface area contributed by atoms with Gasteiger partial charge < -0.3 is 5.32 Å². The van der Waals surface area contributed by atoms with E-state index in [1.807, 2.05) is 47.4 Å². The highest BCUT2D eigenvalue weighted by molar-refractivity contribution is 8.00. The predicted molar refractivity (Wildman–Crippen MR) is 116 cm³/mol. The van der Waals surface area contributed by atoms with Gasteiger partial charge in [0.2, 0.25) is 11.8 Å². The van der Waals surface area contributed by atoms with Crippen molar-refractivity contribution >= 4 is 35.0 Å². The summed E-state index contributed by atoms with van der Waals surface area (Å²) in [6.45, 7) is 2.16. The molecule has 0 aromatic heterocycles. The maximum absolute atomic E-state index is 12.7. The number of para-hydroxylation sites is 1. The molecule has 0 bridgehead atoms. The van der Waals surface area contributed by atoms with Crippen LogP contribution in [0.1, 0.15) is 49.1 Å². The lowest BCUT2D eigenvalue weighted by molar-refractivity contribution is -0.122. The second kappa shape index (κ2) is 8.39. The summed E-state index contributed by atoms with van der Waals surface area (Å²) in [5.41, 5.74) is 4.08. The summed E-state index contributed by atoms with van der Waals surface area (Å²) in [6, 6.07) is 16.1. The zero-order valence-corrected chi connectivity index (χ0v) is 17.0.